The molecule has 1 aliphatic heterocycles. The number of carboxylic acids is 1. The zero-order chi connectivity index (χ0) is 32.5. The largest absolute Gasteiger partial charge is 0.488 e. The van der Waals surface area contributed by atoms with Gasteiger partial charge in [-0.05, 0) is 77.5 Å². The van der Waals surface area contributed by atoms with E-state index in [1.54, 1.807) is 11.3 Å². The van der Waals surface area contributed by atoms with Gasteiger partial charge in [0.15, 0.2) is 6.10 Å². The number of thiazole rings is 1. The van der Waals surface area contributed by atoms with Crippen LogP contribution < -0.4 is 9.64 Å². The van der Waals surface area contributed by atoms with E-state index in [0.717, 1.165) is 75.3 Å². The minimum absolute atomic E-state index is 0.235. The fraction of sp³-hybridized carbons (Fsp3) is 0.432. The maximum atomic E-state index is 12.7. The first-order chi connectivity index (χ1) is 21.2. The standard InChI is InChI=1S/C37H45N3O4S/c1-23-29(45-34(39-23)27-12-10-9-11-13-27)22-43-28-16-14-26(15-17-28)30-24(2)38-25(3)31(33(35(41)42)44-36(4,5)6)32(30)40-20-18-37(7,8)19-21-40/h9-17,33H,18-22H2,1-8H3,(H,41,42)/t33-/m0/s1. The lowest BCUT2D eigenvalue weighted by molar-refractivity contribution is -0.160. The van der Waals surface area contributed by atoms with Gasteiger partial charge in [-0.25, -0.2) is 9.78 Å². The Labute approximate surface area is 271 Å². The van der Waals surface area contributed by atoms with Gasteiger partial charge in [-0.2, -0.15) is 0 Å². The third kappa shape index (κ3) is 7.56. The first-order valence-corrected chi connectivity index (χ1v) is 16.5. The molecule has 4 aromatic rings. The van der Waals surface area contributed by atoms with E-state index in [2.05, 4.69) is 30.9 Å². The molecule has 1 saturated heterocycles. The second kappa shape index (κ2) is 12.9. The number of carbonyl (C=O) groups is 1. The van der Waals surface area contributed by atoms with Crippen molar-refractivity contribution in [2.45, 2.75) is 86.5 Å². The van der Waals surface area contributed by atoms with Crippen molar-refractivity contribution in [3.05, 3.63) is 82.1 Å². The number of benzene rings is 2. The quantitative estimate of drug-likeness (QED) is 0.198. The molecule has 1 N–H and O–H groups in total. The molecule has 0 bridgehead atoms. The van der Waals surface area contributed by atoms with E-state index in [1.807, 2.05) is 84.0 Å². The monoisotopic (exact) mass is 627 g/mol. The lowest BCUT2D eigenvalue weighted by atomic mass is 9.82. The van der Waals surface area contributed by atoms with E-state index in [4.69, 9.17) is 19.4 Å². The van der Waals surface area contributed by atoms with Gasteiger partial charge in [-0.1, -0.05) is 56.3 Å². The van der Waals surface area contributed by atoms with Gasteiger partial charge >= 0.3 is 5.97 Å². The van der Waals surface area contributed by atoms with Crippen LogP contribution in [0.2, 0.25) is 0 Å². The predicted octanol–water partition coefficient (Wildman–Crippen LogP) is 8.94. The summed E-state index contributed by atoms with van der Waals surface area (Å²) in [7, 11) is 0. The molecule has 8 heteroatoms. The van der Waals surface area contributed by atoms with Gasteiger partial charge < -0.3 is 19.5 Å². The van der Waals surface area contributed by atoms with Gasteiger partial charge in [-0.15, -0.1) is 11.3 Å². The van der Waals surface area contributed by atoms with Gasteiger partial charge in [0.25, 0.3) is 0 Å². The van der Waals surface area contributed by atoms with E-state index in [0.29, 0.717) is 17.9 Å². The highest BCUT2D eigenvalue weighted by Gasteiger charge is 2.36. The normalized spacial score (nSPS) is 15.6. The minimum Gasteiger partial charge on any atom is -0.488 e. The smallest absolute Gasteiger partial charge is 0.337 e. The molecule has 0 unspecified atom stereocenters. The van der Waals surface area contributed by atoms with Crippen LogP contribution in [-0.4, -0.2) is 39.7 Å². The summed E-state index contributed by atoms with van der Waals surface area (Å²) in [6.07, 6.45) is 0.882. The predicted molar refractivity (Wildman–Crippen MR) is 182 cm³/mol. The average Bonchev–Trinajstić information content (AvgIpc) is 3.35. The molecular weight excluding hydrogens is 582 g/mol. The summed E-state index contributed by atoms with van der Waals surface area (Å²) in [5.74, 6) is -0.257. The Morgan fingerprint density at radius 3 is 2.18 bits per heavy atom. The van der Waals surface area contributed by atoms with Crippen molar-refractivity contribution in [2.75, 3.05) is 18.0 Å². The van der Waals surface area contributed by atoms with Crippen LogP contribution in [0.15, 0.2) is 54.6 Å². The zero-order valence-corrected chi connectivity index (χ0v) is 28.5. The number of hydrogen-bond donors (Lipinski definition) is 1. The van der Waals surface area contributed by atoms with Crippen LogP contribution in [0, 0.1) is 26.2 Å². The molecular formula is C37H45N3O4S. The summed E-state index contributed by atoms with van der Waals surface area (Å²) in [5.41, 5.74) is 6.66. The number of aromatic nitrogens is 2. The Morgan fingerprint density at radius 1 is 0.933 bits per heavy atom. The minimum atomic E-state index is -1.15. The third-order valence-corrected chi connectivity index (χ3v) is 9.58. The SMILES string of the molecule is Cc1nc(-c2ccccc2)sc1COc1ccc(-c2c(C)nc(C)c([C@H](OC(C)(C)C)C(=O)O)c2N2CCC(C)(C)CC2)cc1. The van der Waals surface area contributed by atoms with Crippen molar-refractivity contribution in [1.82, 2.24) is 9.97 Å². The van der Waals surface area contributed by atoms with Crippen molar-refractivity contribution in [3.8, 4) is 27.4 Å². The molecule has 45 heavy (non-hydrogen) atoms. The molecule has 0 amide bonds. The molecule has 0 aliphatic carbocycles. The van der Waals surface area contributed by atoms with Crippen molar-refractivity contribution >= 4 is 23.0 Å². The summed E-state index contributed by atoms with van der Waals surface area (Å²) in [6.45, 7) is 18.3. The second-order valence-electron chi connectivity index (χ2n) is 13.7. The highest BCUT2D eigenvalue weighted by atomic mass is 32.1. The first-order valence-electron chi connectivity index (χ1n) is 15.6. The molecule has 5 rings (SSSR count). The molecule has 3 heterocycles. The Morgan fingerprint density at radius 2 is 1.58 bits per heavy atom. The van der Waals surface area contributed by atoms with Crippen LogP contribution >= 0.6 is 11.3 Å². The number of pyridine rings is 1. The fourth-order valence-corrected chi connectivity index (χ4v) is 6.87. The van der Waals surface area contributed by atoms with Gasteiger partial charge in [0.05, 0.1) is 21.9 Å². The molecule has 0 saturated carbocycles. The highest BCUT2D eigenvalue weighted by molar-refractivity contribution is 7.15. The molecule has 1 fully saturated rings. The highest BCUT2D eigenvalue weighted by Crippen LogP contribution is 2.45. The molecule has 1 atom stereocenters. The molecule has 7 nitrogen and oxygen atoms in total. The molecule has 2 aromatic carbocycles. The number of anilines is 1. The third-order valence-electron chi connectivity index (χ3n) is 8.40. The summed E-state index contributed by atoms with van der Waals surface area (Å²) < 4.78 is 12.4. The molecule has 0 radical (unpaired) electrons. The number of rotatable bonds is 9. The van der Waals surface area contributed by atoms with Gasteiger partial charge in [0, 0.05) is 41.2 Å². The van der Waals surface area contributed by atoms with E-state index in [9.17, 15) is 9.90 Å². The number of ether oxygens (including phenoxy) is 2. The molecule has 238 valence electrons. The van der Waals surface area contributed by atoms with Gasteiger partial charge in [0.1, 0.15) is 17.4 Å². The van der Waals surface area contributed by atoms with Crippen LogP contribution in [0.1, 0.15) is 81.1 Å². The number of nitrogens with zero attached hydrogens (tertiary/aromatic N) is 3. The first kappa shape index (κ1) is 32.6. The van der Waals surface area contributed by atoms with Crippen LogP contribution in [0.3, 0.4) is 0 Å². The summed E-state index contributed by atoms with van der Waals surface area (Å²) >= 11 is 1.65. The maximum absolute atomic E-state index is 12.7. The van der Waals surface area contributed by atoms with Crippen molar-refractivity contribution in [3.63, 3.8) is 0 Å². The number of carboxylic acid groups (broad SMARTS) is 1. The van der Waals surface area contributed by atoms with Crippen molar-refractivity contribution in [1.29, 1.82) is 0 Å². The average molecular weight is 628 g/mol. The maximum Gasteiger partial charge on any atom is 0.337 e. The van der Waals surface area contributed by atoms with Crippen molar-refractivity contribution in [2.24, 2.45) is 5.41 Å². The van der Waals surface area contributed by atoms with Gasteiger partial charge in [0.2, 0.25) is 0 Å². The number of hydrogen-bond acceptors (Lipinski definition) is 7. The number of aliphatic carboxylic acids is 1. The van der Waals surface area contributed by atoms with Gasteiger partial charge in [-0.3, -0.25) is 4.98 Å². The van der Waals surface area contributed by atoms with Crippen molar-refractivity contribution < 1.29 is 19.4 Å². The Balaban J connectivity index is 1.49. The van der Waals surface area contributed by atoms with E-state index < -0.39 is 17.7 Å². The second-order valence-corrected chi connectivity index (χ2v) is 14.8. The molecule has 0 spiro atoms. The Kier molecular flexibility index (Phi) is 9.38. The lowest BCUT2D eigenvalue weighted by Crippen LogP contribution is -2.39. The number of piperidine rings is 1. The lowest BCUT2D eigenvalue weighted by Gasteiger charge is -2.41. The van der Waals surface area contributed by atoms with Crippen LogP contribution in [-0.2, 0) is 16.1 Å². The molecule has 2 aromatic heterocycles. The summed E-state index contributed by atoms with van der Waals surface area (Å²) in [4.78, 5) is 25.8. The van der Waals surface area contributed by atoms with Crippen LogP contribution in [0.5, 0.6) is 5.75 Å². The zero-order valence-electron chi connectivity index (χ0n) is 27.7. The fourth-order valence-electron chi connectivity index (χ4n) is 5.89. The van der Waals surface area contributed by atoms with E-state index >= 15 is 0 Å². The Hall–Kier alpha value is -3.75. The summed E-state index contributed by atoms with van der Waals surface area (Å²) in [6, 6.07) is 18.2. The van der Waals surface area contributed by atoms with Crippen LogP contribution in [0.4, 0.5) is 5.69 Å². The van der Waals surface area contributed by atoms with E-state index in [-0.39, 0.29) is 5.41 Å². The Bertz CT molecular complexity index is 1650. The number of aryl methyl sites for hydroxylation is 3. The summed E-state index contributed by atoms with van der Waals surface area (Å²) in [5, 5.41) is 11.4. The molecule has 1 aliphatic rings. The topological polar surface area (TPSA) is 84.8 Å². The van der Waals surface area contributed by atoms with E-state index in [1.165, 1.54) is 0 Å². The van der Waals surface area contributed by atoms with Crippen LogP contribution in [0.25, 0.3) is 21.7 Å².